The molecule has 1 amide bonds. The number of nitrogens with one attached hydrogen (secondary N) is 2. The molecule has 2 aromatic rings. The number of aromatic nitrogens is 2. The fourth-order valence-electron chi connectivity index (χ4n) is 2.69. The van der Waals surface area contributed by atoms with Crippen LogP contribution in [0.3, 0.4) is 0 Å². The van der Waals surface area contributed by atoms with E-state index in [9.17, 15) is 4.79 Å². The van der Waals surface area contributed by atoms with Crippen molar-refractivity contribution in [2.75, 3.05) is 26.4 Å². The molecule has 2 atom stereocenters. The van der Waals surface area contributed by atoms with Gasteiger partial charge in [0.25, 0.3) is 5.91 Å². The quantitative estimate of drug-likeness (QED) is 0.529. The Hall–Kier alpha value is -2.20. The zero-order valence-electron chi connectivity index (χ0n) is 14.8. The van der Waals surface area contributed by atoms with Gasteiger partial charge in [0.05, 0.1) is 33.0 Å². The highest BCUT2D eigenvalue weighted by Crippen LogP contribution is 2.32. The van der Waals surface area contributed by atoms with Gasteiger partial charge in [-0.15, -0.1) is 0 Å². The molecule has 0 bridgehead atoms. The largest absolute Gasteiger partial charge is 0.459 e. The molecule has 1 aliphatic heterocycles. The highest BCUT2D eigenvalue weighted by atomic mass is 32.1. The molecule has 0 radical (unpaired) electrons. The van der Waals surface area contributed by atoms with Crippen molar-refractivity contribution in [3.05, 3.63) is 52.4 Å². The van der Waals surface area contributed by atoms with E-state index in [1.165, 1.54) is 0 Å². The summed E-state index contributed by atoms with van der Waals surface area (Å²) in [5.74, 6) is 0.641. The maximum Gasteiger partial charge on any atom is 0.286 e. The van der Waals surface area contributed by atoms with Crippen LogP contribution in [-0.4, -0.2) is 53.7 Å². The molecule has 0 unspecified atom stereocenters. The van der Waals surface area contributed by atoms with Gasteiger partial charge >= 0.3 is 0 Å². The van der Waals surface area contributed by atoms with Crippen molar-refractivity contribution >= 4 is 17.2 Å². The lowest BCUT2D eigenvalue weighted by Gasteiger charge is -2.28. The SMILES string of the molecule is O=C(NCc1ncc[nH]1)C1=C[C@H](c2ccsc2)C[C@H](OCCOCCO)O1. The molecular formula is C18H23N3O5S. The summed E-state index contributed by atoms with van der Waals surface area (Å²) in [5.41, 5.74) is 1.13. The van der Waals surface area contributed by atoms with Crippen LogP contribution in [0.2, 0.25) is 0 Å². The van der Waals surface area contributed by atoms with Crippen molar-refractivity contribution in [3.63, 3.8) is 0 Å². The molecule has 1 aliphatic rings. The molecule has 27 heavy (non-hydrogen) atoms. The number of allylic oxidation sites excluding steroid dienone is 1. The number of aliphatic hydroxyl groups excluding tert-OH is 1. The predicted octanol–water partition coefficient (Wildman–Crippen LogP) is 1.53. The van der Waals surface area contributed by atoms with Gasteiger partial charge in [0, 0.05) is 24.7 Å². The molecule has 2 aromatic heterocycles. The zero-order valence-corrected chi connectivity index (χ0v) is 15.6. The van der Waals surface area contributed by atoms with Gasteiger partial charge in [0.2, 0.25) is 6.29 Å². The third kappa shape index (κ3) is 5.90. The zero-order chi connectivity index (χ0) is 18.9. The topological polar surface area (TPSA) is 106 Å². The molecule has 0 spiro atoms. The number of rotatable bonds is 10. The maximum absolute atomic E-state index is 12.5. The highest BCUT2D eigenvalue weighted by Gasteiger charge is 2.28. The number of aliphatic hydroxyl groups is 1. The van der Waals surface area contributed by atoms with Crippen LogP contribution in [0.4, 0.5) is 0 Å². The number of nitrogens with zero attached hydrogens (tertiary/aromatic N) is 1. The Labute approximate surface area is 161 Å². The van der Waals surface area contributed by atoms with E-state index >= 15 is 0 Å². The first-order valence-electron chi connectivity index (χ1n) is 8.73. The molecule has 0 aliphatic carbocycles. The molecule has 146 valence electrons. The molecular weight excluding hydrogens is 370 g/mol. The summed E-state index contributed by atoms with van der Waals surface area (Å²) in [7, 11) is 0. The number of aromatic amines is 1. The Morgan fingerprint density at radius 3 is 3.11 bits per heavy atom. The number of amides is 1. The number of hydrogen-bond donors (Lipinski definition) is 3. The van der Waals surface area contributed by atoms with Crippen molar-refractivity contribution in [1.82, 2.24) is 15.3 Å². The van der Waals surface area contributed by atoms with E-state index in [4.69, 9.17) is 19.3 Å². The minimum atomic E-state index is -0.540. The van der Waals surface area contributed by atoms with Crippen molar-refractivity contribution in [1.29, 1.82) is 0 Å². The standard InChI is InChI=1S/C18H23N3O5S/c22-4-5-24-6-7-25-17-10-14(13-1-8-27-12-13)9-15(26-17)18(23)21-11-16-19-2-3-20-16/h1-3,8-9,12,14,17,22H,4-7,10-11H2,(H,19,20)(H,21,23)/t14-,17+/m0/s1. The van der Waals surface area contributed by atoms with Crippen molar-refractivity contribution in [3.8, 4) is 0 Å². The lowest BCUT2D eigenvalue weighted by molar-refractivity contribution is -0.151. The third-order valence-electron chi connectivity index (χ3n) is 3.99. The Morgan fingerprint density at radius 2 is 2.37 bits per heavy atom. The Bertz CT molecular complexity index is 717. The van der Waals surface area contributed by atoms with Gasteiger partial charge in [-0.2, -0.15) is 11.3 Å². The van der Waals surface area contributed by atoms with E-state index < -0.39 is 6.29 Å². The number of thiophene rings is 1. The monoisotopic (exact) mass is 393 g/mol. The van der Waals surface area contributed by atoms with E-state index in [1.807, 2.05) is 17.5 Å². The summed E-state index contributed by atoms with van der Waals surface area (Å²) in [6, 6.07) is 2.04. The molecule has 8 nitrogen and oxygen atoms in total. The second kappa shape index (κ2) is 10.2. The first-order valence-corrected chi connectivity index (χ1v) is 9.67. The third-order valence-corrected chi connectivity index (χ3v) is 4.69. The summed E-state index contributed by atoms with van der Waals surface area (Å²) in [5, 5.41) is 15.6. The van der Waals surface area contributed by atoms with Crippen LogP contribution in [0, 0.1) is 0 Å². The van der Waals surface area contributed by atoms with Gasteiger partial charge < -0.3 is 29.6 Å². The fraction of sp³-hybridized carbons (Fsp3) is 0.444. The lowest BCUT2D eigenvalue weighted by Crippen LogP contribution is -2.33. The molecule has 0 fully saturated rings. The molecule has 3 heterocycles. The van der Waals surface area contributed by atoms with Crippen LogP contribution in [-0.2, 0) is 25.5 Å². The number of carbonyl (C=O) groups is 1. The van der Waals surface area contributed by atoms with Gasteiger partial charge in [0.1, 0.15) is 5.82 Å². The van der Waals surface area contributed by atoms with Crippen LogP contribution >= 0.6 is 11.3 Å². The van der Waals surface area contributed by atoms with Crippen molar-refractivity contribution < 1.29 is 24.1 Å². The predicted molar refractivity (Wildman–Crippen MR) is 98.9 cm³/mol. The number of ether oxygens (including phenoxy) is 3. The normalized spacial score (nSPS) is 19.4. The second-order valence-electron chi connectivity index (χ2n) is 5.90. The van der Waals surface area contributed by atoms with E-state index in [-0.39, 0.29) is 37.3 Å². The van der Waals surface area contributed by atoms with Crippen LogP contribution in [0.1, 0.15) is 23.7 Å². The minimum absolute atomic E-state index is 0.0249. The first kappa shape index (κ1) is 19.6. The number of hydrogen-bond acceptors (Lipinski definition) is 7. The van der Waals surface area contributed by atoms with E-state index in [2.05, 4.69) is 20.7 Å². The first-order chi connectivity index (χ1) is 13.3. The van der Waals surface area contributed by atoms with Crippen LogP contribution < -0.4 is 5.32 Å². The summed E-state index contributed by atoms with van der Waals surface area (Å²) in [4.78, 5) is 19.5. The van der Waals surface area contributed by atoms with Crippen LogP contribution in [0.15, 0.2) is 41.1 Å². The molecule has 0 aromatic carbocycles. The number of imidazole rings is 1. The molecule has 3 N–H and O–H groups in total. The molecule has 3 rings (SSSR count). The molecule has 0 saturated carbocycles. The lowest BCUT2D eigenvalue weighted by atomic mass is 9.95. The van der Waals surface area contributed by atoms with Crippen LogP contribution in [0.25, 0.3) is 0 Å². The smallest absolute Gasteiger partial charge is 0.286 e. The van der Waals surface area contributed by atoms with Crippen molar-refractivity contribution in [2.24, 2.45) is 0 Å². The summed E-state index contributed by atoms with van der Waals surface area (Å²) in [6.45, 7) is 1.21. The van der Waals surface area contributed by atoms with Crippen LogP contribution in [0.5, 0.6) is 0 Å². The molecule has 0 saturated heterocycles. The number of H-pyrrole nitrogens is 1. The Morgan fingerprint density at radius 1 is 1.44 bits per heavy atom. The summed E-state index contributed by atoms with van der Waals surface area (Å²) < 4.78 is 16.7. The second-order valence-corrected chi connectivity index (χ2v) is 6.68. The Balaban J connectivity index is 1.60. The minimum Gasteiger partial charge on any atom is -0.459 e. The van der Waals surface area contributed by atoms with Gasteiger partial charge in [-0.3, -0.25) is 4.79 Å². The average molecular weight is 393 g/mol. The number of carbonyl (C=O) groups excluding carboxylic acids is 1. The fourth-order valence-corrected chi connectivity index (χ4v) is 3.41. The Kier molecular flexibility index (Phi) is 7.40. The summed E-state index contributed by atoms with van der Waals surface area (Å²) >= 11 is 1.61. The highest BCUT2D eigenvalue weighted by molar-refractivity contribution is 7.08. The average Bonchev–Trinajstić information content (AvgIpc) is 3.39. The maximum atomic E-state index is 12.5. The van der Waals surface area contributed by atoms with E-state index in [0.717, 1.165) is 5.56 Å². The summed E-state index contributed by atoms with van der Waals surface area (Å²) in [6.07, 6.45) is 5.25. The van der Waals surface area contributed by atoms with Gasteiger partial charge in [-0.05, 0) is 28.5 Å². The van der Waals surface area contributed by atoms with Gasteiger partial charge in [0.15, 0.2) is 5.76 Å². The van der Waals surface area contributed by atoms with Gasteiger partial charge in [-0.1, -0.05) is 0 Å². The van der Waals surface area contributed by atoms with E-state index in [1.54, 1.807) is 23.7 Å². The van der Waals surface area contributed by atoms with Gasteiger partial charge in [-0.25, -0.2) is 4.98 Å². The van der Waals surface area contributed by atoms with E-state index in [0.29, 0.717) is 25.5 Å². The molecule has 9 heteroatoms. The van der Waals surface area contributed by atoms with Crippen molar-refractivity contribution in [2.45, 2.75) is 25.2 Å².